The van der Waals surface area contributed by atoms with Crippen LogP contribution in [0, 0.1) is 3.57 Å². The summed E-state index contributed by atoms with van der Waals surface area (Å²) < 4.78 is 1.02. The molecule has 2 N–H and O–H groups in total. The van der Waals surface area contributed by atoms with Crippen LogP contribution in [0.15, 0.2) is 47.6 Å². The monoisotopic (exact) mass is 489 g/mol. The number of nitrogens with zero attached hydrogens (tertiary/aromatic N) is 1. The summed E-state index contributed by atoms with van der Waals surface area (Å²) in [6, 6.07) is 12.4. The van der Waals surface area contributed by atoms with Gasteiger partial charge in [-0.3, -0.25) is 9.59 Å². The summed E-state index contributed by atoms with van der Waals surface area (Å²) in [5, 5.41) is 7.35. The van der Waals surface area contributed by atoms with Crippen LogP contribution in [0.3, 0.4) is 0 Å². The van der Waals surface area contributed by atoms with E-state index in [1.54, 1.807) is 24.4 Å². The van der Waals surface area contributed by atoms with E-state index in [1.165, 1.54) is 0 Å². The van der Waals surface area contributed by atoms with Gasteiger partial charge in [0.15, 0.2) is 0 Å². The molecule has 0 bridgehead atoms. The largest absolute Gasteiger partial charge is 0.325 e. The van der Waals surface area contributed by atoms with E-state index in [2.05, 4.69) is 38.4 Å². The highest BCUT2D eigenvalue weighted by Crippen LogP contribution is 2.25. The topological polar surface area (TPSA) is 70.6 Å². The first kappa shape index (κ1) is 19.7. The summed E-state index contributed by atoms with van der Waals surface area (Å²) in [6.45, 7) is 0. The zero-order valence-electron chi connectivity index (χ0n) is 12.9. The maximum atomic E-state index is 11.9. The molecule has 25 heavy (non-hydrogen) atoms. The Bertz CT molecular complexity index is 812. The van der Waals surface area contributed by atoms with Crippen LogP contribution in [0.2, 0.25) is 10.0 Å². The highest BCUT2D eigenvalue weighted by molar-refractivity contribution is 14.1. The Hall–Kier alpha value is -1.64. The molecule has 2 amide bonds. The summed E-state index contributed by atoms with van der Waals surface area (Å²) in [5.41, 5.74) is 3.71. The molecule has 0 radical (unpaired) electrons. The van der Waals surface area contributed by atoms with Crippen molar-refractivity contribution in [1.82, 2.24) is 5.43 Å². The van der Waals surface area contributed by atoms with Crippen molar-refractivity contribution < 1.29 is 9.59 Å². The van der Waals surface area contributed by atoms with Gasteiger partial charge in [-0.05, 0) is 46.9 Å². The molecule has 130 valence electrons. The average Bonchev–Trinajstić information content (AvgIpc) is 2.58. The van der Waals surface area contributed by atoms with E-state index < -0.39 is 0 Å². The number of hydrazone groups is 1. The van der Waals surface area contributed by atoms with Gasteiger partial charge < -0.3 is 5.32 Å². The van der Waals surface area contributed by atoms with Gasteiger partial charge in [0.2, 0.25) is 11.8 Å². The van der Waals surface area contributed by atoms with Crippen molar-refractivity contribution in [1.29, 1.82) is 0 Å². The Labute approximate surface area is 168 Å². The van der Waals surface area contributed by atoms with Crippen LogP contribution in [0.1, 0.15) is 18.4 Å². The van der Waals surface area contributed by atoms with Crippen molar-refractivity contribution in [3.8, 4) is 0 Å². The molecule has 2 aromatic rings. The Morgan fingerprint density at radius 1 is 1.08 bits per heavy atom. The Morgan fingerprint density at radius 3 is 2.56 bits per heavy atom. The molecule has 2 rings (SSSR count). The van der Waals surface area contributed by atoms with Gasteiger partial charge in [-0.1, -0.05) is 41.4 Å². The number of hydrogen-bond acceptors (Lipinski definition) is 3. The van der Waals surface area contributed by atoms with Gasteiger partial charge in [-0.15, -0.1) is 0 Å². The molecule has 0 aromatic heterocycles. The standard InChI is InChI=1S/C17H14Cl2IN3O2/c18-12-5-6-13(19)15(9-12)22-16(24)7-8-17(25)23-21-10-11-3-1-2-4-14(11)20/h1-6,9-10H,7-8H2,(H,22,24)(H,23,25)/b21-10+. The van der Waals surface area contributed by atoms with Crippen LogP contribution in [-0.2, 0) is 9.59 Å². The zero-order chi connectivity index (χ0) is 18.2. The number of carbonyl (C=O) groups is 2. The van der Waals surface area contributed by atoms with Gasteiger partial charge in [-0.25, -0.2) is 5.43 Å². The van der Waals surface area contributed by atoms with Crippen LogP contribution in [0.4, 0.5) is 5.69 Å². The van der Waals surface area contributed by atoms with Crippen LogP contribution in [-0.4, -0.2) is 18.0 Å². The number of amides is 2. The zero-order valence-corrected chi connectivity index (χ0v) is 16.6. The normalized spacial score (nSPS) is 10.7. The average molecular weight is 490 g/mol. The number of nitrogens with one attached hydrogen (secondary N) is 2. The van der Waals surface area contributed by atoms with Gasteiger partial charge in [0.05, 0.1) is 16.9 Å². The molecule has 2 aromatic carbocycles. The lowest BCUT2D eigenvalue weighted by Crippen LogP contribution is -2.20. The fourth-order valence-corrected chi connectivity index (χ4v) is 2.71. The van der Waals surface area contributed by atoms with Crippen molar-refractivity contribution in [3.05, 3.63) is 61.6 Å². The SMILES string of the molecule is O=C(CCC(=O)Nc1cc(Cl)ccc1Cl)N/N=C/c1ccccc1I. The second-order valence-electron chi connectivity index (χ2n) is 4.99. The van der Waals surface area contributed by atoms with E-state index in [0.29, 0.717) is 15.7 Å². The second kappa shape index (κ2) is 9.74. The fourth-order valence-electron chi connectivity index (χ4n) is 1.84. The molecular weight excluding hydrogens is 476 g/mol. The van der Waals surface area contributed by atoms with Gasteiger partial charge in [0.1, 0.15) is 0 Å². The third-order valence-electron chi connectivity index (χ3n) is 3.08. The van der Waals surface area contributed by atoms with Gasteiger partial charge in [0, 0.05) is 27.0 Å². The Balaban J connectivity index is 1.78. The number of hydrogen-bond donors (Lipinski definition) is 2. The number of rotatable bonds is 6. The maximum absolute atomic E-state index is 11.9. The van der Waals surface area contributed by atoms with Crippen LogP contribution >= 0.6 is 45.8 Å². The summed E-state index contributed by atoms with van der Waals surface area (Å²) in [7, 11) is 0. The molecule has 0 aliphatic heterocycles. The van der Waals surface area contributed by atoms with E-state index in [0.717, 1.165) is 9.13 Å². The molecule has 0 saturated carbocycles. The lowest BCUT2D eigenvalue weighted by atomic mass is 10.2. The minimum Gasteiger partial charge on any atom is -0.325 e. The van der Waals surface area contributed by atoms with Gasteiger partial charge >= 0.3 is 0 Å². The number of benzene rings is 2. The lowest BCUT2D eigenvalue weighted by Gasteiger charge is -2.07. The molecule has 0 aliphatic rings. The third-order valence-corrected chi connectivity index (χ3v) is 4.63. The van der Waals surface area contributed by atoms with E-state index in [4.69, 9.17) is 23.2 Å². The molecule has 0 unspecified atom stereocenters. The predicted molar refractivity (Wildman–Crippen MR) is 109 cm³/mol. The number of halogens is 3. The summed E-state index contributed by atoms with van der Waals surface area (Å²) in [6.07, 6.45) is 1.58. The second-order valence-corrected chi connectivity index (χ2v) is 6.99. The van der Waals surface area contributed by atoms with Crippen molar-refractivity contribution in [2.45, 2.75) is 12.8 Å². The van der Waals surface area contributed by atoms with Crippen molar-refractivity contribution >= 4 is 69.5 Å². The first-order chi connectivity index (χ1) is 12.0. The highest BCUT2D eigenvalue weighted by Gasteiger charge is 2.09. The highest BCUT2D eigenvalue weighted by atomic mass is 127. The smallest absolute Gasteiger partial charge is 0.240 e. The molecule has 0 fully saturated rings. The Kier molecular flexibility index (Phi) is 7.67. The van der Waals surface area contributed by atoms with Crippen LogP contribution < -0.4 is 10.7 Å². The van der Waals surface area contributed by atoms with Crippen molar-refractivity contribution in [3.63, 3.8) is 0 Å². The van der Waals surface area contributed by atoms with Gasteiger partial charge in [0.25, 0.3) is 0 Å². The first-order valence-electron chi connectivity index (χ1n) is 7.27. The maximum Gasteiger partial charge on any atom is 0.240 e. The predicted octanol–water partition coefficient (Wildman–Crippen LogP) is 4.47. The first-order valence-corrected chi connectivity index (χ1v) is 9.10. The van der Waals surface area contributed by atoms with E-state index in [-0.39, 0.29) is 24.7 Å². The van der Waals surface area contributed by atoms with Crippen molar-refractivity contribution in [2.75, 3.05) is 5.32 Å². The minimum absolute atomic E-state index is 0.00701. The molecule has 0 heterocycles. The minimum atomic E-state index is -0.352. The molecule has 0 aliphatic carbocycles. The molecular formula is C17H14Cl2IN3O2. The number of anilines is 1. The van der Waals surface area contributed by atoms with Gasteiger partial charge in [-0.2, -0.15) is 5.10 Å². The van der Waals surface area contributed by atoms with Crippen LogP contribution in [0.5, 0.6) is 0 Å². The van der Waals surface area contributed by atoms with E-state index in [9.17, 15) is 9.59 Å². The number of carbonyl (C=O) groups excluding carboxylic acids is 2. The molecule has 0 atom stereocenters. The van der Waals surface area contributed by atoms with E-state index >= 15 is 0 Å². The fraction of sp³-hybridized carbons (Fsp3) is 0.118. The summed E-state index contributed by atoms with van der Waals surface area (Å²) in [5.74, 6) is -0.685. The summed E-state index contributed by atoms with van der Waals surface area (Å²) in [4.78, 5) is 23.6. The molecule has 0 spiro atoms. The quantitative estimate of drug-likeness (QED) is 0.357. The molecule has 8 heteroatoms. The summed E-state index contributed by atoms with van der Waals surface area (Å²) >= 11 is 14.0. The third kappa shape index (κ3) is 6.64. The van der Waals surface area contributed by atoms with Crippen molar-refractivity contribution in [2.24, 2.45) is 5.10 Å². The molecule has 5 nitrogen and oxygen atoms in total. The van der Waals surface area contributed by atoms with Crippen LogP contribution in [0.25, 0.3) is 0 Å². The Morgan fingerprint density at radius 2 is 1.80 bits per heavy atom. The molecule has 0 saturated heterocycles. The van der Waals surface area contributed by atoms with E-state index in [1.807, 2.05) is 24.3 Å². The lowest BCUT2D eigenvalue weighted by molar-refractivity contribution is -0.124.